The van der Waals surface area contributed by atoms with Gasteiger partial charge in [-0.2, -0.15) is 0 Å². The summed E-state index contributed by atoms with van der Waals surface area (Å²) >= 11 is 0. The Morgan fingerprint density at radius 3 is 2.24 bits per heavy atom. The topological polar surface area (TPSA) is 80.4 Å². The Balaban J connectivity index is 2.37. The molecule has 17 heavy (non-hydrogen) atoms. The molecule has 1 saturated carbocycles. The standard InChI is InChI=1S/C12H17NO3S/c1-8-3-5-9(6-4-8)10-11(17(2,15)16)12(10,13)7-14/h3-6,10-11,14H,7,13H2,1-2H3/t10-,11-,12-/m1/s1. The molecule has 0 heterocycles. The molecular weight excluding hydrogens is 238 g/mol. The van der Waals surface area contributed by atoms with E-state index in [2.05, 4.69) is 0 Å². The largest absolute Gasteiger partial charge is 0.394 e. The number of aliphatic hydroxyl groups is 1. The Morgan fingerprint density at radius 1 is 1.35 bits per heavy atom. The van der Waals surface area contributed by atoms with Gasteiger partial charge in [-0.15, -0.1) is 0 Å². The van der Waals surface area contributed by atoms with Crippen LogP contribution in [0.3, 0.4) is 0 Å². The van der Waals surface area contributed by atoms with Crippen molar-refractivity contribution in [1.29, 1.82) is 0 Å². The lowest BCUT2D eigenvalue weighted by Gasteiger charge is -2.06. The Kier molecular flexibility index (Phi) is 2.80. The number of benzene rings is 1. The van der Waals surface area contributed by atoms with Crippen LogP contribution in [0.1, 0.15) is 17.0 Å². The average molecular weight is 255 g/mol. The molecule has 1 aliphatic carbocycles. The molecule has 0 unspecified atom stereocenters. The Morgan fingerprint density at radius 2 is 1.88 bits per heavy atom. The van der Waals surface area contributed by atoms with Gasteiger partial charge in [-0.3, -0.25) is 0 Å². The van der Waals surface area contributed by atoms with E-state index in [1.54, 1.807) is 0 Å². The van der Waals surface area contributed by atoms with Gasteiger partial charge in [0.2, 0.25) is 0 Å². The molecule has 1 fully saturated rings. The minimum Gasteiger partial charge on any atom is -0.394 e. The van der Waals surface area contributed by atoms with Crippen LogP contribution >= 0.6 is 0 Å². The maximum Gasteiger partial charge on any atom is 0.152 e. The summed E-state index contributed by atoms with van der Waals surface area (Å²) in [5.74, 6) is -0.303. The quantitative estimate of drug-likeness (QED) is 0.808. The van der Waals surface area contributed by atoms with Crippen molar-refractivity contribution < 1.29 is 13.5 Å². The number of nitrogens with two attached hydrogens (primary N) is 1. The summed E-state index contributed by atoms with van der Waals surface area (Å²) in [6, 6.07) is 7.60. The lowest BCUT2D eigenvalue weighted by Crippen LogP contribution is -2.34. The van der Waals surface area contributed by atoms with Gasteiger partial charge < -0.3 is 10.8 Å². The second-order valence-corrected chi connectivity index (χ2v) is 7.08. The normalized spacial score (nSPS) is 32.5. The lowest BCUT2D eigenvalue weighted by molar-refractivity contribution is 0.253. The van der Waals surface area contributed by atoms with Crippen LogP contribution in [0, 0.1) is 6.92 Å². The number of aliphatic hydroxyl groups excluding tert-OH is 1. The number of hydrogen-bond acceptors (Lipinski definition) is 4. The van der Waals surface area contributed by atoms with Gasteiger partial charge in [0.25, 0.3) is 0 Å². The van der Waals surface area contributed by atoms with Crippen molar-refractivity contribution in [3.63, 3.8) is 0 Å². The first-order valence-electron chi connectivity index (χ1n) is 5.46. The first-order chi connectivity index (χ1) is 7.80. The highest BCUT2D eigenvalue weighted by atomic mass is 32.2. The van der Waals surface area contributed by atoms with Crippen LogP contribution in [-0.4, -0.2) is 37.2 Å². The van der Waals surface area contributed by atoms with E-state index in [1.165, 1.54) is 6.26 Å². The van der Waals surface area contributed by atoms with Gasteiger partial charge in [-0.05, 0) is 12.5 Å². The summed E-state index contributed by atoms with van der Waals surface area (Å²) in [5, 5.41) is 8.62. The second-order valence-electron chi connectivity index (χ2n) is 4.91. The van der Waals surface area contributed by atoms with Crippen LogP contribution in [0.25, 0.3) is 0 Å². The predicted molar refractivity (Wildman–Crippen MR) is 66.6 cm³/mol. The first kappa shape index (κ1) is 12.5. The van der Waals surface area contributed by atoms with Gasteiger partial charge in [0.15, 0.2) is 9.84 Å². The molecule has 0 aromatic heterocycles. The third-order valence-corrected chi connectivity index (χ3v) is 5.11. The molecule has 0 saturated heterocycles. The van der Waals surface area contributed by atoms with Crippen molar-refractivity contribution in [2.75, 3.05) is 12.9 Å². The van der Waals surface area contributed by atoms with Crippen LogP contribution in [0.15, 0.2) is 24.3 Å². The Hall–Kier alpha value is -0.910. The highest BCUT2D eigenvalue weighted by Crippen LogP contribution is 2.53. The number of aryl methyl sites for hydroxylation is 1. The Labute approximate surface area is 101 Å². The van der Waals surface area contributed by atoms with Gasteiger partial charge in [0.05, 0.1) is 17.4 Å². The van der Waals surface area contributed by atoms with Crippen molar-refractivity contribution in [2.24, 2.45) is 5.73 Å². The molecule has 0 bridgehead atoms. The zero-order valence-corrected chi connectivity index (χ0v) is 10.7. The van der Waals surface area contributed by atoms with Crippen LogP contribution in [0.5, 0.6) is 0 Å². The summed E-state index contributed by atoms with van der Waals surface area (Å²) in [6.45, 7) is 1.65. The summed E-state index contributed by atoms with van der Waals surface area (Å²) in [5.41, 5.74) is 6.92. The van der Waals surface area contributed by atoms with Crippen LogP contribution in [0.2, 0.25) is 0 Å². The van der Waals surface area contributed by atoms with E-state index in [0.29, 0.717) is 0 Å². The van der Waals surface area contributed by atoms with E-state index in [9.17, 15) is 13.5 Å². The minimum absolute atomic E-state index is 0.303. The van der Waals surface area contributed by atoms with Gasteiger partial charge in [-0.25, -0.2) is 8.42 Å². The van der Waals surface area contributed by atoms with Crippen molar-refractivity contribution >= 4 is 9.84 Å². The van der Waals surface area contributed by atoms with Crippen LogP contribution in [-0.2, 0) is 9.84 Å². The van der Waals surface area contributed by atoms with Gasteiger partial charge in [0, 0.05) is 12.2 Å². The molecule has 1 aromatic rings. The van der Waals surface area contributed by atoms with Gasteiger partial charge in [-0.1, -0.05) is 29.8 Å². The van der Waals surface area contributed by atoms with Crippen molar-refractivity contribution in [1.82, 2.24) is 0 Å². The van der Waals surface area contributed by atoms with E-state index < -0.39 is 20.6 Å². The van der Waals surface area contributed by atoms with Gasteiger partial charge >= 0.3 is 0 Å². The predicted octanol–water partition coefficient (Wildman–Crippen LogP) is 0.195. The summed E-state index contributed by atoms with van der Waals surface area (Å²) < 4.78 is 23.3. The monoisotopic (exact) mass is 255 g/mol. The minimum atomic E-state index is -3.24. The number of rotatable bonds is 3. The summed E-state index contributed by atoms with van der Waals surface area (Å²) in [7, 11) is -3.24. The van der Waals surface area contributed by atoms with E-state index in [1.807, 2.05) is 31.2 Å². The highest BCUT2D eigenvalue weighted by Gasteiger charge is 2.67. The zero-order valence-electron chi connectivity index (χ0n) is 9.92. The highest BCUT2D eigenvalue weighted by molar-refractivity contribution is 7.91. The molecule has 4 nitrogen and oxygen atoms in total. The zero-order chi connectivity index (χ0) is 12.8. The SMILES string of the molecule is Cc1ccc([C@@H]2[C@@H](S(C)(=O)=O)[C@@]2(N)CO)cc1. The van der Waals surface area contributed by atoms with E-state index in [0.717, 1.165) is 11.1 Å². The van der Waals surface area contributed by atoms with Crippen LogP contribution < -0.4 is 5.73 Å². The maximum absolute atomic E-state index is 11.6. The smallest absolute Gasteiger partial charge is 0.152 e. The molecule has 1 aromatic carbocycles. The fourth-order valence-electron chi connectivity index (χ4n) is 2.52. The van der Waals surface area contributed by atoms with E-state index in [-0.39, 0.29) is 12.5 Å². The van der Waals surface area contributed by atoms with E-state index in [4.69, 9.17) is 5.73 Å². The number of hydrogen-bond donors (Lipinski definition) is 2. The lowest BCUT2D eigenvalue weighted by atomic mass is 10.1. The summed E-state index contributed by atoms with van der Waals surface area (Å²) in [4.78, 5) is 0. The fraction of sp³-hybridized carbons (Fsp3) is 0.500. The molecule has 94 valence electrons. The molecule has 3 N–H and O–H groups in total. The van der Waals surface area contributed by atoms with Crippen molar-refractivity contribution in [3.8, 4) is 0 Å². The maximum atomic E-state index is 11.6. The van der Waals surface area contributed by atoms with Gasteiger partial charge in [0.1, 0.15) is 0 Å². The second kappa shape index (κ2) is 3.80. The molecule has 3 atom stereocenters. The molecule has 1 aliphatic rings. The van der Waals surface area contributed by atoms with Crippen LogP contribution in [0.4, 0.5) is 0 Å². The summed E-state index contributed by atoms with van der Waals surface area (Å²) in [6.07, 6.45) is 1.17. The molecular formula is C12H17NO3S. The molecule has 0 amide bonds. The van der Waals surface area contributed by atoms with Crippen molar-refractivity contribution in [2.45, 2.75) is 23.6 Å². The fourth-order valence-corrected chi connectivity index (χ4v) is 4.36. The third-order valence-electron chi connectivity index (χ3n) is 3.47. The molecule has 0 aliphatic heterocycles. The third kappa shape index (κ3) is 1.99. The Bertz CT molecular complexity index is 523. The molecule has 2 rings (SSSR count). The molecule has 0 radical (unpaired) electrons. The first-order valence-corrected chi connectivity index (χ1v) is 7.41. The molecule has 5 heteroatoms. The number of sulfone groups is 1. The van der Waals surface area contributed by atoms with E-state index >= 15 is 0 Å². The molecule has 0 spiro atoms. The average Bonchev–Trinajstić information content (AvgIpc) is 2.87. The van der Waals surface area contributed by atoms with Crippen molar-refractivity contribution in [3.05, 3.63) is 35.4 Å².